The van der Waals surface area contributed by atoms with Gasteiger partial charge in [-0.3, -0.25) is 14.3 Å². The summed E-state index contributed by atoms with van der Waals surface area (Å²) in [5.41, 5.74) is 4.62. The number of fused-ring (bicyclic) bond motifs is 1. The van der Waals surface area contributed by atoms with Crippen molar-refractivity contribution in [3.05, 3.63) is 75.7 Å². The van der Waals surface area contributed by atoms with E-state index in [1.165, 1.54) is 0 Å². The second-order valence-corrected chi connectivity index (χ2v) is 11.7. The monoisotopic (exact) mass is 555 g/mol. The Hall–Kier alpha value is -4.47. The number of hydrogen-bond acceptors (Lipinski definition) is 5. The van der Waals surface area contributed by atoms with Crippen LogP contribution in [-0.2, 0) is 6.42 Å². The average molecular weight is 556 g/mol. The number of benzene rings is 2. The summed E-state index contributed by atoms with van der Waals surface area (Å²) in [4.78, 5) is 39.8. The predicted molar refractivity (Wildman–Crippen MR) is 160 cm³/mol. The first-order valence-corrected chi connectivity index (χ1v) is 14.1. The molecule has 0 spiro atoms. The summed E-state index contributed by atoms with van der Waals surface area (Å²) < 4.78 is 1.95. The number of aryl methyl sites for hydroxylation is 2. The van der Waals surface area contributed by atoms with E-state index in [0.717, 1.165) is 41.3 Å². The summed E-state index contributed by atoms with van der Waals surface area (Å²) in [6.45, 7) is 11.0. The lowest BCUT2D eigenvalue weighted by atomic mass is 10.0. The minimum Gasteiger partial charge on any atom is -0.333 e. The molecule has 2 aromatic carbocycles. The second kappa shape index (κ2) is 11.2. The predicted octanol–water partition coefficient (Wildman–Crippen LogP) is 5.05. The van der Waals surface area contributed by atoms with Crippen LogP contribution in [0, 0.1) is 6.92 Å². The van der Waals surface area contributed by atoms with Crippen molar-refractivity contribution in [2.24, 2.45) is 0 Å². The first kappa shape index (κ1) is 28.1. The highest BCUT2D eigenvalue weighted by molar-refractivity contribution is 6.11. The van der Waals surface area contributed by atoms with Crippen LogP contribution in [-0.4, -0.2) is 55.4 Å². The number of aromatic amines is 1. The molecule has 214 valence electrons. The van der Waals surface area contributed by atoms with Crippen LogP contribution in [0.2, 0.25) is 0 Å². The van der Waals surface area contributed by atoms with Crippen molar-refractivity contribution in [1.82, 2.24) is 30.2 Å². The lowest BCUT2D eigenvalue weighted by Gasteiger charge is -2.34. The molecule has 0 aliphatic carbocycles. The van der Waals surface area contributed by atoms with E-state index >= 15 is 0 Å². The number of piperidine rings is 1. The smallest absolute Gasteiger partial charge is 0.317 e. The zero-order valence-electron chi connectivity index (χ0n) is 24.2. The van der Waals surface area contributed by atoms with Crippen molar-refractivity contribution in [1.29, 1.82) is 0 Å². The quantitative estimate of drug-likeness (QED) is 0.318. The van der Waals surface area contributed by atoms with Crippen LogP contribution >= 0.6 is 0 Å². The summed E-state index contributed by atoms with van der Waals surface area (Å²) in [7, 11) is 0. The fraction of sp³-hybridized carbons (Fsp3) is 0.387. The molecule has 4 aromatic rings. The number of hydrogen-bond donors (Lipinski definition) is 3. The number of amides is 3. The van der Waals surface area contributed by atoms with Gasteiger partial charge in [0.25, 0.3) is 11.5 Å². The number of para-hydroxylation sites is 1. The van der Waals surface area contributed by atoms with Crippen molar-refractivity contribution in [3.63, 3.8) is 0 Å². The summed E-state index contributed by atoms with van der Waals surface area (Å²) in [6, 6.07) is 15.3. The van der Waals surface area contributed by atoms with E-state index in [9.17, 15) is 14.4 Å². The van der Waals surface area contributed by atoms with Gasteiger partial charge < -0.3 is 15.5 Å². The van der Waals surface area contributed by atoms with Gasteiger partial charge in [0.05, 0.1) is 17.3 Å². The lowest BCUT2D eigenvalue weighted by molar-refractivity contribution is 0.102. The number of carbonyl (C=O) groups is 2. The molecule has 0 bridgehead atoms. The van der Waals surface area contributed by atoms with Crippen LogP contribution in [0.15, 0.2) is 53.3 Å². The largest absolute Gasteiger partial charge is 0.333 e. The third kappa shape index (κ3) is 6.01. The number of urea groups is 1. The first-order chi connectivity index (χ1) is 19.5. The van der Waals surface area contributed by atoms with Crippen LogP contribution in [0.3, 0.4) is 0 Å². The molecule has 3 N–H and O–H groups in total. The standard InChI is InChI=1S/C31H37N7O3/c1-6-20-18-21(11-12-23(20)25-17-19(2)28(39)35-34-25)32-29(40)27-24-9-7-8-10-26(24)38(36-27)22-13-15-37(16-14-22)30(41)33-31(3,4)5/h7-12,17-18,22H,6,13-16H2,1-5H3,(H,32,40)(H,33,41)(H,35,39). The molecule has 0 saturated carbocycles. The van der Waals surface area contributed by atoms with E-state index < -0.39 is 0 Å². The molecule has 5 rings (SSSR count). The molecule has 41 heavy (non-hydrogen) atoms. The summed E-state index contributed by atoms with van der Waals surface area (Å²) in [5.74, 6) is -0.283. The fourth-order valence-electron chi connectivity index (χ4n) is 5.29. The molecular weight excluding hydrogens is 518 g/mol. The van der Waals surface area contributed by atoms with Gasteiger partial charge in [-0.15, -0.1) is 0 Å². The summed E-state index contributed by atoms with van der Waals surface area (Å²) in [5, 5.41) is 18.4. The van der Waals surface area contributed by atoms with Crippen molar-refractivity contribution in [2.45, 2.75) is 65.5 Å². The van der Waals surface area contributed by atoms with Gasteiger partial charge in [-0.2, -0.15) is 10.2 Å². The van der Waals surface area contributed by atoms with Gasteiger partial charge in [-0.25, -0.2) is 9.89 Å². The zero-order valence-corrected chi connectivity index (χ0v) is 24.2. The molecule has 0 atom stereocenters. The van der Waals surface area contributed by atoms with Gasteiger partial charge in [0.2, 0.25) is 0 Å². The number of aromatic nitrogens is 4. The highest BCUT2D eigenvalue weighted by Gasteiger charge is 2.28. The Morgan fingerprint density at radius 1 is 1.07 bits per heavy atom. The normalized spacial score (nSPS) is 14.3. The molecule has 1 aliphatic heterocycles. The van der Waals surface area contributed by atoms with Gasteiger partial charge in [0.15, 0.2) is 5.69 Å². The highest BCUT2D eigenvalue weighted by Crippen LogP contribution is 2.30. The lowest BCUT2D eigenvalue weighted by Crippen LogP contribution is -2.50. The Kier molecular flexibility index (Phi) is 7.66. The Bertz CT molecular complexity index is 1660. The minimum atomic E-state index is -0.287. The number of likely N-dealkylation sites (tertiary alicyclic amines) is 1. The topological polar surface area (TPSA) is 125 Å². The number of anilines is 1. The number of nitrogens with zero attached hydrogens (tertiary/aromatic N) is 4. The van der Waals surface area contributed by atoms with Gasteiger partial charge in [-0.1, -0.05) is 31.2 Å². The molecule has 0 unspecified atom stereocenters. The molecule has 2 aromatic heterocycles. The van der Waals surface area contributed by atoms with E-state index in [1.54, 1.807) is 13.0 Å². The van der Waals surface area contributed by atoms with Crippen molar-refractivity contribution >= 4 is 28.5 Å². The number of rotatable bonds is 5. The first-order valence-electron chi connectivity index (χ1n) is 14.1. The van der Waals surface area contributed by atoms with Crippen molar-refractivity contribution in [2.75, 3.05) is 18.4 Å². The molecule has 1 saturated heterocycles. The van der Waals surface area contributed by atoms with Crippen LogP contribution in [0.4, 0.5) is 10.5 Å². The molecule has 10 nitrogen and oxygen atoms in total. The number of H-pyrrole nitrogens is 1. The van der Waals surface area contributed by atoms with Crippen molar-refractivity contribution < 1.29 is 9.59 Å². The maximum Gasteiger partial charge on any atom is 0.317 e. The fourth-order valence-corrected chi connectivity index (χ4v) is 5.29. The van der Waals surface area contributed by atoms with Gasteiger partial charge in [-0.05, 0) is 76.8 Å². The molecular formula is C31H37N7O3. The molecule has 3 amide bonds. The molecule has 0 radical (unpaired) electrons. The third-order valence-corrected chi connectivity index (χ3v) is 7.42. The van der Waals surface area contributed by atoms with E-state index in [2.05, 4.69) is 20.8 Å². The SMILES string of the molecule is CCc1cc(NC(=O)c2nn(C3CCN(C(=O)NC(C)(C)C)CC3)c3ccccc23)ccc1-c1cc(C)c(=O)[nH]n1. The Morgan fingerprint density at radius 3 is 2.49 bits per heavy atom. The van der Waals surface area contributed by atoms with Crippen LogP contribution in [0.1, 0.15) is 68.2 Å². The van der Waals surface area contributed by atoms with E-state index in [4.69, 9.17) is 5.10 Å². The van der Waals surface area contributed by atoms with E-state index in [1.807, 2.05) is 79.7 Å². The number of nitrogens with one attached hydrogen (secondary N) is 3. The highest BCUT2D eigenvalue weighted by atomic mass is 16.2. The summed E-state index contributed by atoms with van der Waals surface area (Å²) in [6.07, 6.45) is 2.23. The minimum absolute atomic E-state index is 0.0507. The van der Waals surface area contributed by atoms with E-state index in [0.29, 0.717) is 35.7 Å². The summed E-state index contributed by atoms with van der Waals surface area (Å²) >= 11 is 0. The van der Waals surface area contributed by atoms with Crippen LogP contribution in [0.25, 0.3) is 22.2 Å². The van der Waals surface area contributed by atoms with Gasteiger partial charge >= 0.3 is 6.03 Å². The molecule has 10 heteroatoms. The van der Waals surface area contributed by atoms with Crippen LogP contribution < -0.4 is 16.2 Å². The zero-order chi connectivity index (χ0) is 29.3. The van der Waals surface area contributed by atoms with Crippen molar-refractivity contribution in [3.8, 4) is 11.3 Å². The molecule has 1 aliphatic rings. The molecule has 1 fully saturated rings. The third-order valence-electron chi connectivity index (χ3n) is 7.42. The number of carbonyl (C=O) groups excluding carboxylic acids is 2. The average Bonchev–Trinajstić information content (AvgIpc) is 3.33. The Balaban J connectivity index is 1.36. The maximum atomic E-state index is 13.5. The second-order valence-electron chi connectivity index (χ2n) is 11.7. The Morgan fingerprint density at radius 2 is 1.80 bits per heavy atom. The molecule has 3 heterocycles. The van der Waals surface area contributed by atoms with Gasteiger partial charge in [0.1, 0.15) is 0 Å². The van der Waals surface area contributed by atoms with Gasteiger partial charge in [0, 0.05) is 40.8 Å². The maximum absolute atomic E-state index is 13.5. The Labute approximate surface area is 239 Å². The van der Waals surface area contributed by atoms with E-state index in [-0.39, 0.29) is 29.1 Å². The van der Waals surface area contributed by atoms with Crippen LogP contribution in [0.5, 0.6) is 0 Å².